The van der Waals surface area contributed by atoms with Gasteiger partial charge in [-0.15, -0.1) is 0 Å². The van der Waals surface area contributed by atoms with Crippen LogP contribution in [0.5, 0.6) is 0 Å². The maximum Gasteiger partial charge on any atom is 0.416 e. The molecule has 0 radical (unpaired) electrons. The van der Waals surface area contributed by atoms with Gasteiger partial charge in [-0.2, -0.15) is 13.2 Å². The highest BCUT2D eigenvalue weighted by Gasteiger charge is 2.30. The Kier molecular flexibility index (Phi) is 3.02. The van der Waals surface area contributed by atoms with Crippen LogP contribution < -0.4 is 5.49 Å². The Morgan fingerprint density at radius 2 is 2.07 bits per heavy atom. The topological polar surface area (TPSA) is 17.3 Å². The molecule has 0 aliphatic carbocycles. The van der Waals surface area contributed by atoms with Crippen LogP contribution in [0.4, 0.5) is 13.2 Å². The van der Waals surface area contributed by atoms with Gasteiger partial charge < -0.3 is 4.57 Å². The van der Waals surface area contributed by atoms with Crippen LogP contribution in [0.3, 0.4) is 0 Å². The first-order valence-electron chi connectivity index (χ1n) is 4.25. The minimum Gasteiger partial charge on any atom is -0.307 e. The highest BCUT2D eigenvalue weighted by molar-refractivity contribution is 5.38. The lowest BCUT2D eigenvalue weighted by Crippen LogP contribution is -2.21. The van der Waals surface area contributed by atoms with Crippen molar-refractivity contribution in [3.63, 3.8) is 0 Å². The first-order valence-corrected chi connectivity index (χ1v) is 4.25. The van der Waals surface area contributed by atoms with Gasteiger partial charge in [0.05, 0.1) is 5.56 Å². The van der Waals surface area contributed by atoms with E-state index in [1.54, 1.807) is 6.92 Å². The molecule has 0 fully saturated rings. The molecule has 2 nitrogen and oxygen atoms in total. The fourth-order valence-corrected chi connectivity index (χ4v) is 1.16. The molecule has 1 rings (SSSR count). The van der Waals surface area contributed by atoms with E-state index in [2.05, 4.69) is 11.6 Å². The SMILES string of the molecule is C=C(C)n1ccc(C(F)(F)F)cc1=NC. The molecule has 0 unspecified atom stereocenters. The second kappa shape index (κ2) is 3.92. The van der Waals surface area contributed by atoms with E-state index in [-0.39, 0.29) is 5.49 Å². The third-order valence-corrected chi connectivity index (χ3v) is 1.90. The molecule has 0 atom stereocenters. The summed E-state index contributed by atoms with van der Waals surface area (Å²) in [7, 11) is 1.44. The lowest BCUT2D eigenvalue weighted by molar-refractivity contribution is -0.137. The molecule has 15 heavy (non-hydrogen) atoms. The van der Waals surface area contributed by atoms with Gasteiger partial charge in [-0.3, -0.25) is 4.99 Å². The van der Waals surface area contributed by atoms with E-state index in [9.17, 15) is 13.2 Å². The molecule has 1 aromatic rings. The zero-order valence-corrected chi connectivity index (χ0v) is 8.47. The fraction of sp³-hybridized carbons (Fsp3) is 0.300. The van der Waals surface area contributed by atoms with Crippen LogP contribution in [-0.4, -0.2) is 11.6 Å². The van der Waals surface area contributed by atoms with Crippen LogP contribution in [0.2, 0.25) is 0 Å². The lowest BCUT2D eigenvalue weighted by atomic mass is 10.2. The maximum atomic E-state index is 12.4. The van der Waals surface area contributed by atoms with Gasteiger partial charge in [0.1, 0.15) is 5.49 Å². The van der Waals surface area contributed by atoms with Crippen molar-refractivity contribution in [3.8, 4) is 0 Å². The molecule has 5 heteroatoms. The zero-order chi connectivity index (χ0) is 11.6. The van der Waals surface area contributed by atoms with Gasteiger partial charge in [0.2, 0.25) is 0 Å². The van der Waals surface area contributed by atoms with E-state index in [0.29, 0.717) is 5.70 Å². The fourth-order valence-electron chi connectivity index (χ4n) is 1.16. The number of halogens is 3. The molecule has 0 saturated carbocycles. The molecule has 0 spiro atoms. The number of pyridine rings is 1. The quantitative estimate of drug-likeness (QED) is 0.686. The Morgan fingerprint density at radius 1 is 1.47 bits per heavy atom. The van der Waals surface area contributed by atoms with Gasteiger partial charge in [-0.05, 0) is 19.1 Å². The van der Waals surface area contributed by atoms with Crippen molar-refractivity contribution >= 4 is 5.70 Å². The van der Waals surface area contributed by atoms with E-state index in [0.717, 1.165) is 12.1 Å². The second-order valence-electron chi connectivity index (χ2n) is 3.10. The number of alkyl halides is 3. The third-order valence-electron chi connectivity index (χ3n) is 1.90. The van der Waals surface area contributed by atoms with Crippen molar-refractivity contribution < 1.29 is 13.2 Å². The Labute approximate surface area is 85.4 Å². The summed E-state index contributed by atoms with van der Waals surface area (Å²) in [4.78, 5) is 3.77. The molecule has 82 valence electrons. The molecule has 0 amide bonds. The Morgan fingerprint density at radius 3 is 2.47 bits per heavy atom. The van der Waals surface area contributed by atoms with Crippen LogP contribution in [0.15, 0.2) is 29.9 Å². The Bertz CT molecular complexity index is 441. The summed E-state index contributed by atoms with van der Waals surface area (Å²) in [6.45, 7) is 5.34. The molecule has 0 bridgehead atoms. The predicted octanol–water partition coefficient (Wildman–Crippen LogP) is 2.53. The average molecular weight is 216 g/mol. The smallest absolute Gasteiger partial charge is 0.307 e. The summed E-state index contributed by atoms with van der Waals surface area (Å²) in [6, 6.07) is 2.00. The third kappa shape index (κ3) is 2.49. The van der Waals surface area contributed by atoms with Crippen LogP contribution in [0, 0.1) is 0 Å². The standard InChI is InChI=1S/C10H11F3N2/c1-7(2)15-5-4-8(10(11,12)13)6-9(15)14-3/h4-6H,1H2,2-3H3. The van der Waals surface area contributed by atoms with Crippen molar-refractivity contribution in [3.05, 3.63) is 36.0 Å². The van der Waals surface area contributed by atoms with Crippen LogP contribution in [0.1, 0.15) is 12.5 Å². The molecular weight excluding hydrogens is 205 g/mol. The molecule has 0 saturated heterocycles. The summed E-state index contributed by atoms with van der Waals surface area (Å²) < 4.78 is 38.6. The van der Waals surface area contributed by atoms with Crippen molar-refractivity contribution in [2.75, 3.05) is 7.05 Å². The Hall–Kier alpha value is -1.52. The van der Waals surface area contributed by atoms with Crippen LogP contribution >= 0.6 is 0 Å². The van der Waals surface area contributed by atoms with E-state index in [1.165, 1.54) is 17.8 Å². The maximum absolute atomic E-state index is 12.4. The zero-order valence-electron chi connectivity index (χ0n) is 8.47. The minimum absolute atomic E-state index is 0.234. The minimum atomic E-state index is -4.34. The number of aromatic nitrogens is 1. The molecule has 0 aliphatic rings. The largest absolute Gasteiger partial charge is 0.416 e. The van der Waals surface area contributed by atoms with E-state index in [1.807, 2.05) is 0 Å². The number of hydrogen-bond donors (Lipinski definition) is 0. The summed E-state index contributed by atoms with van der Waals surface area (Å²) in [6.07, 6.45) is -3.03. The molecule has 1 aromatic heterocycles. The van der Waals surface area contributed by atoms with Crippen LogP contribution in [0.25, 0.3) is 5.70 Å². The molecule has 0 aliphatic heterocycles. The number of allylic oxidation sites excluding steroid dienone is 1. The summed E-state index contributed by atoms with van der Waals surface area (Å²) in [5.41, 5.74) is 0.141. The first-order chi connectivity index (χ1) is 6.86. The predicted molar refractivity (Wildman–Crippen MR) is 51.9 cm³/mol. The van der Waals surface area contributed by atoms with E-state index in [4.69, 9.17) is 0 Å². The van der Waals surface area contributed by atoms with Crippen molar-refractivity contribution in [2.24, 2.45) is 4.99 Å². The van der Waals surface area contributed by atoms with Gasteiger partial charge in [0, 0.05) is 18.9 Å². The second-order valence-corrected chi connectivity index (χ2v) is 3.10. The van der Waals surface area contributed by atoms with Gasteiger partial charge in [-0.25, -0.2) is 0 Å². The molecule has 0 N–H and O–H groups in total. The monoisotopic (exact) mass is 216 g/mol. The Balaban J connectivity index is 3.40. The number of hydrogen-bond acceptors (Lipinski definition) is 1. The number of rotatable bonds is 1. The molecule has 0 aromatic carbocycles. The van der Waals surface area contributed by atoms with Crippen LogP contribution in [-0.2, 0) is 6.18 Å². The summed E-state index contributed by atoms with van der Waals surface area (Å²) in [5.74, 6) is 0. The van der Waals surface area contributed by atoms with Crippen molar-refractivity contribution in [1.29, 1.82) is 0 Å². The van der Waals surface area contributed by atoms with E-state index >= 15 is 0 Å². The first kappa shape index (κ1) is 11.6. The molecular formula is C10H11F3N2. The summed E-state index contributed by atoms with van der Waals surface area (Å²) in [5, 5.41) is 0. The van der Waals surface area contributed by atoms with E-state index < -0.39 is 11.7 Å². The number of nitrogens with zero attached hydrogens (tertiary/aromatic N) is 2. The normalized spacial score (nSPS) is 13.0. The molecule has 1 heterocycles. The van der Waals surface area contributed by atoms with Gasteiger partial charge in [0.25, 0.3) is 0 Å². The van der Waals surface area contributed by atoms with Gasteiger partial charge in [0.15, 0.2) is 0 Å². The van der Waals surface area contributed by atoms with Gasteiger partial charge in [-0.1, -0.05) is 6.58 Å². The van der Waals surface area contributed by atoms with Crippen molar-refractivity contribution in [1.82, 2.24) is 4.57 Å². The van der Waals surface area contributed by atoms with Crippen molar-refractivity contribution in [2.45, 2.75) is 13.1 Å². The summed E-state index contributed by atoms with van der Waals surface area (Å²) >= 11 is 0. The van der Waals surface area contributed by atoms with Gasteiger partial charge >= 0.3 is 6.18 Å². The highest BCUT2D eigenvalue weighted by Crippen LogP contribution is 2.27. The average Bonchev–Trinajstić information content (AvgIpc) is 2.15. The lowest BCUT2D eigenvalue weighted by Gasteiger charge is -2.10. The highest BCUT2D eigenvalue weighted by atomic mass is 19.4.